The Morgan fingerprint density at radius 3 is 3.15 bits per heavy atom. The third kappa shape index (κ3) is 1.42. The average molecular weight is 177 g/mol. The molecule has 1 aliphatic rings. The Balaban J connectivity index is 2.37. The van der Waals surface area contributed by atoms with E-state index in [1.807, 2.05) is 18.2 Å². The van der Waals surface area contributed by atoms with E-state index in [2.05, 4.69) is 10.3 Å². The predicted molar refractivity (Wildman–Crippen MR) is 51.9 cm³/mol. The van der Waals surface area contributed by atoms with Gasteiger partial charge in [-0.2, -0.15) is 0 Å². The SMILES string of the molecule is COc1ccc2c(c1)NC(N)=NC2. The molecule has 1 aromatic carbocycles. The third-order valence-corrected chi connectivity index (χ3v) is 2.00. The Morgan fingerprint density at radius 1 is 1.54 bits per heavy atom. The number of benzene rings is 1. The Labute approximate surface area is 76.4 Å². The van der Waals surface area contributed by atoms with Gasteiger partial charge in [0, 0.05) is 11.8 Å². The number of fused-ring (bicyclic) bond motifs is 1. The Bertz CT molecular complexity index is 360. The topological polar surface area (TPSA) is 59.6 Å². The van der Waals surface area contributed by atoms with E-state index in [-0.39, 0.29) is 0 Å². The van der Waals surface area contributed by atoms with Crippen molar-refractivity contribution in [2.45, 2.75) is 6.54 Å². The minimum Gasteiger partial charge on any atom is -0.497 e. The molecular formula is C9H11N3O. The van der Waals surface area contributed by atoms with Gasteiger partial charge in [-0.3, -0.25) is 0 Å². The molecule has 0 spiro atoms. The summed E-state index contributed by atoms with van der Waals surface area (Å²) >= 11 is 0. The van der Waals surface area contributed by atoms with Crippen LogP contribution < -0.4 is 15.8 Å². The van der Waals surface area contributed by atoms with Crippen molar-refractivity contribution in [2.24, 2.45) is 10.7 Å². The number of methoxy groups -OCH3 is 1. The van der Waals surface area contributed by atoms with Crippen LogP contribution in [0.2, 0.25) is 0 Å². The lowest BCUT2D eigenvalue weighted by Gasteiger charge is -2.16. The minimum atomic E-state index is 0.459. The second-order valence-electron chi connectivity index (χ2n) is 2.85. The van der Waals surface area contributed by atoms with Crippen molar-refractivity contribution in [1.29, 1.82) is 0 Å². The fourth-order valence-electron chi connectivity index (χ4n) is 1.28. The van der Waals surface area contributed by atoms with Gasteiger partial charge >= 0.3 is 0 Å². The molecule has 1 aliphatic heterocycles. The van der Waals surface area contributed by atoms with Crippen molar-refractivity contribution >= 4 is 11.6 Å². The first-order valence-electron chi connectivity index (χ1n) is 4.03. The van der Waals surface area contributed by atoms with Crippen molar-refractivity contribution < 1.29 is 4.74 Å². The lowest BCUT2D eigenvalue weighted by Crippen LogP contribution is -2.26. The van der Waals surface area contributed by atoms with Crippen molar-refractivity contribution in [3.8, 4) is 5.75 Å². The Morgan fingerprint density at radius 2 is 2.38 bits per heavy atom. The molecule has 3 N–H and O–H groups in total. The van der Waals surface area contributed by atoms with E-state index in [1.165, 1.54) is 0 Å². The second-order valence-corrected chi connectivity index (χ2v) is 2.85. The average Bonchev–Trinajstić information content (AvgIpc) is 2.16. The highest BCUT2D eigenvalue weighted by atomic mass is 16.5. The summed E-state index contributed by atoms with van der Waals surface area (Å²) < 4.78 is 5.09. The van der Waals surface area contributed by atoms with Gasteiger partial charge in [0.05, 0.1) is 13.7 Å². The van der Waals surface area contributed by atoms with Gasteiger partial charge in [0.2, 0.25) is 0 Å². The molecule has 4 nitrogen and oxygen atoms in total. The van der Waals surface area contributed by atoms with Crippen LogP contribution in [0.3, 0.4) is 0 Å². The first kappa shape index (κ1) is 7.91. The summed E-state index contributed by atoms with van der Waals surface area (Å²) in [7, 11) is 1.64. The molecule has 4 heteroatoms. The lowest BCUT2D eigenvalue weighted by atomic mass is 10.1. The molecule has 0 saturated heterocycles. The van der Waals surface area contributed by atoms with Crippen LogP contribution in [0.15, 0.2) is 23.2 Å². The molecular weight excluding hydrogens is 166 g/mol. The van der Waals surface area contributed by atoms with Crippen molar-refractivity contribution in [1.82, 2.24) is 0 Å². The lowest BCUT2D eigenvalue weighted by molar-refractivity contribution is 0.415. The van der Waals surface area contributed by atoms with E-state index in [9.17, 15) is 0 Å². The monoisotopic (exact) mass is 177 g/mol. The van der Waals surface area contributed by atoms with Crippen molar-refractivity contribution in [3.63, 3.8) is 0 Å². The maximum absolute atomic E-state index is 5.54. The fourth-order valence-corrected chi connectivity index (χ4v) is 1.28. The van der Waals surface area contributed by atoms with Crippen molar-refractivity contribution in [3.05, 3.63) is 23.8 Å². The van der Waals surface area contributed by atoms with Crippen LogP contribution >= 0.6 is 0 Å². The van der Waals surface area contributed by atoms with Crippen LogP contribution in [0.25, 0.3) is 0 Å². The highest BCUT2D eigenvalue weighted by Crippen LogP contribution is 2.24. The summed E-state index contributed by atoms with van der Waals surface area (Å²) in [6.45, 7) is 0.637. The molecule has 1 heterocycles. The third-order valence-electron chi connectivity index (χ3n) is 2.00. The number of rotatable bonds is 1. The van der Waals surface area contributed by atoms with Gasteiger partial charge in [-0.1, -0.05) is 6.07 Å². The number of nitrogens with zero attached hydrogens (tertiary/aromatic N) is 1. The summed E-state index contributed by atoms with van der Waals surface area (Å²) in [5.74, 6) is 1.28. The highest BCUT2D eigenvalue weighted by Gasteiger charge is 2.09. The van der Waals surface area contributed by atoms with Gasteiger partial charge in [-0.15, -0.1) is 0 Å². The molecule has 0 unspecified atom stereocenters. The molecule has 0 bridgehead atoms. The van der Waals surface area contributed by atoms with Crippen LogP contribution in [0.1, 0.15) is 5.56 Å². The summed E-state index contributed by atoms with van der Waals surface area (Å²) in [4.78, 5) is 4.07. The van der Waals surface area contributed by atoms with Gasteiger partial charge in [0.25, 0.3) is 0 Å². The summed E-state index contributed by atoms with van der Waals surface area (Å²) in [5.41, 5.74) is 7.65. The molecule has 0 fully saturated rings. The van der Waals surface area contributed by atoms with Crippen LogP contribution in [0.5, 0.6) is 5.75 Å². The number of anilines is 1. The number of nitrogens with two attached hydrogens (primary N) is 1. The first-order valence-corrected chi connectivity index (χ1v) is 4.03. The first-order chi connectivity index (χ1) is 6.29. The van der Waals surface area contributed by atoms with Crippen LogP contribution in [-0.4, -0.2) is 13.1 Å². The molecule has 0 amide bonds. The molecule has 0 atom stereocenters. The van der Waals surface area contributed by atoms with Crippen LogP contribution in [0, 0.1) is 0 Å². The van der Waals surface area contributed by atoms with Crippen LogP contribution in [-0.2, 0) is 6.54 Å². The van der Waals surface area contributed by atoms with E-state index in [1.54, 1.807) is 7.11 Å². The van der Waals surface area contributed by atoms with E-state index in [0.717, 1.165) is 17.0 Å². The normalized spacial score (nSPS) is 14.1. The van der Waals surface area contributed by atoms with Crippen molar-refractivity contribution in [2.75, 3.05) is 12.4 Å². The molecule has 2 rings (SSSR count). The Hall–Kier alpha value is -1.71. The molecule has 0 aliphatic carbocycles. The van der Waals surface area contributed by atoms with Gasteiger partial charge in [-0.25, -0.2) is 4.99 Å². The number of hydrogen-bond acceptors (Lipinski definition) is 4. The number of hydrogen-bond donors (Lipinski definition) is 2. The Kier molecular flexibility index (Phi) is 1.81. The second kappa shape index (κ2) is 2.97. The zero-order valence-electron chi connectivity index (χ0n) is 7.37. The van der Waals surface area contributed by atoms with Gasteiger partial charge in [0.15, 0.2) is 5.96 Å². The summed E-state index contributed by atoms with van der Waals surface area (Å²) in [6.07, 6.45) is 0. The number of aliphatic imine (C=N–C) groups is 1. The molecule has 0 aromatic heterocycles. The van der Waals surface area contributed by atoms with E-state index in [4.69, 9.17) is 10.5 Å². The maximum atomic E-state index is 5.54. The summed E-state index contributed by atoms with van der Waals surface area (Å²) in [5, 5.41) is 2.98. The largest absolute Gasteiger partial charge is 0.497 e. The highest BCUT2D eigenvalue weighted by molar-refractivity contribution is 5.94. The quantitative estimate of drug-likeness (QED) is 0.671. The van der Waals surface area contributed by atoms with E-state index < -0.39 is 0 Å². The van der Waals surface area contributed by atoms with E-state index in [0.29, 0.717) is 12.5 Å². The number of nitrogens with one attached hydrogen (secondary N) is 1. The molecule has 0 saturated carbocycles. The number of ether oxygens (including phenoxy) is 1. The molecule has 0 radical (unpaired) electrons. The molecule has 1 aromatic rings. The summed E-state index contributed by atoms with van der Waals surface area (Å²) in [6, 6.07) is 5.81. The molecule has 68 valence electrons. The van der Waals surface area contributed by atoms with Crippen LogP contribution in [0.4, 0.5) is 5.69 Å². The maximum Gasteiger partial charge on any atom is 0.193 e. The standard InChI is InChI=1S/C9H11N3O/c1-13-7-3-2-6-5-11-9(10)12-8(6)4-7/h2-4H,5H2,1H3,(H3,10,11,12). The minimum absolute atomic E-state index is 0.459. The zero-order chi connectivity index (χ0) is 9.26. The van der Waals surface area contributed by atoms with Gasteiger partial charge < -0.3 is 15.8 Å². The van der Waals surface area contributed by atoms with Gasteiger partial charge in [-0.05, 0) is 11.6 Å². The predicted octanol–water partition coefficient (Wildman–Crippen LogP) is 0.935. The zero-order valence-corrected chi connectivity index (χ0v) is 7.37. The van der Waals surface area contributed by atoms with Gasteiger partial charge in [0.1, 0.15) is 5.75 Å². The number of guanidine groups is 1. The molecule has 13 heavy (non-hydrogen) atoms. The van der Waals surface area contributed by atoms with E-state index >= 15 is 0 Å². The fraction of sp³-hybridized carbons (Fsp3) is 0.222. The smallest absolute Gasteiger partial charge is 0.193 e.